The maximum absolute atomic E-state index is 9.53. The molecule has 0 aromatic rings. The molecule has 1 heterocycles. The predicted octanol–water partition coefficient (Wildman–Crippen LogP) is -1.29. The molecule has 1 aliphatic rings. The van der Waals surface area contributed by atoms with Crippen molar-refractivity contribution in [2.45, 2.75) is 31.5 Å². The second-order valence-electron chi connectivity index (χ2n) is 3.30. The van der Waals surface area contributed by atoms with Gasteiger partial charge >= 0.3 is 0 Å². The summed E-state index contributed by atoms with van der Waals surface area (Å²) in [5.41, 5.74) is 0. The largest absolute Gasteiger partial charge is 0.394 e. The number of aliphatic hydroxyl groups excluding tert-OH is 3. The van der Waals surface area contributed by atoms with E-state index in [4.69, 9.17) is 14.6 Å². The Bertz CT molecular complexity index is 143. The second kappa shape index (κ2) is 4.34. The van der Waals surface area contributed by atoms with Crippen molar-refractivity contribution in [3.05, 3.63) is 0 Å². The van der Waals surface area contributed by atoms with E-state index in [1.165, 1.54) is 7.11 Å². The Morgan fingerprint density at radius 3 is 2.38 bits per heavy atom. The molecule has 1 saturated heterocycles. The highest BCUT2D eigenvalue weighted by molar-refractivity contribution is 4.86. The molecule has 0 aliphatic carbocycles. The third-order valence-electron chi connectivity index (χ3n) is 2.46. The first-order valence-electron chi connectivity index (χ1n) is 4.27. The van der Waals surface area contributed by atoms with Crippen LogP contribution in [0.25, 0.3) is 0 Å². The Morgan fingerprint density at radius 2 is 1.92 bits per heavy atom. The Kier molecular flexibility index (Phi) is 3.63. The van der Waals surface area contributed by atoms with Crippen LogP contribution in [-0.2, 0) is 9.47 Å². The number of methoxy groups -OCH3 is 1. The Labute approximate surface area is 76.9 Å². The monoisotopic (exact) mass is 192 g/mol. The third kappa shape index (κ3) is 2.00. The van der Waals surface area contributed by atoms with Crippen LogP contribution in [0.3, 0.4) is 0 Å². The molecule has 0 aromatic heterocycles. The minimum Gasteiger partial charge on any atom is -0.394 e. The molecule has 1 fully saturated rings. The maximum atomic E-state index is 9.53. The Balaban J connectivity index is 2.66. The molecule has 0 unspecified atom stereocenters. The summed E-state index contributed by atoms with van der Waals surface area (Å²) in [6.45, 7) is 1.41. The van der Waals surface area contributed by atoms with Gasteiger partial charge in [0.05, 0.1) is 12.7 Å². The van der Waals surface area contributed by atoms with E-state index in [1.807, 2.05) is 0 Å². The first kappa shape index (κ1) is 10.9. The summed E-state index contributed by atoms with van der Waals surface area (Å²) in [6, 6.07) is 0. The lowest BCUT2D eigenvalue weighted by Gasteiger charge is -2.40. The Morgan fingerprint density at radius 1 is 1.31 bits per heavy atom. The zero-order chi connectivity index (χ0) is 10.0. The molecular weight excluding hydrogens is 176 g/mol. The minimum atomic E-state index is -0.859. The lowest BCUT2D eigenvalue weighted by molar-refractivity contribution is -0.280. The van der Waals surface area contributed by atoms with Gasteiger partial charge in [-0.1, -0.05) is 6.92 Å². The molecule has 5 nitrogen and oxygen atoms in total. The van der Waals surface area contributed by atoms with Gasteiger partial charge in [-0.3, -0.25) is 0 Å². The van der Waals surface area contributed by atoms with Crippen molar-refractivity contribution in [3.8, 4) is 0 Å². The molecule has 3 N–H and O–H groups in total. The van der Waals surface area contributed by atoms with Gasteiger partial charge < -0.3 is 24.8 Å². The first-order valence-corrected chi connectivity index (χ1v) is 4.27. The summed E-state index contributed by atoms with van der Waals surface area (Å²) in [5, 5.41) is 27.9. The highest BCUT2D eigenvalue weighted by atomic mass is 16.7. The normalized spacial score (nSPS) is 46.4. The van der Waals surface area contributed by atoms with Crippen LogP contribution in [0.1, 0.15) is 6.92 Å². The summed E-state index contributed by atoms with van der Waals surface area (Å²) in [4.78, 5) is 0. The molecule has 5 heteroatoms. The average molecular weight is 192 g/mol. The molecule has 0 spiro atoms. The molecular formula is C8H16O5. The van der Waals surface area contributed by atoms with Crippen molar-refractivity contribution in [3.63, 3.8) is 0 Å². The van der Waals surface area contributed by atoms with Crippen molar-refractivity contribution in [1.82, 2.24) is 0 Å². The highest BCUT2D eigenvalue weighted by Crippen LogP contribution is 2.25. The van der Waals surface area contributed by atoms with Gasteiger partial charge in [0.25, 0.3) is 0 Å². The summed E-state index contributed by atoms with van der Waals surface area (Å²) in [6.07, 6.45) is -3.16. The van der Waals surface area contributed by atoms with Gasteiger partial charge in [0.2, 0.25) is 0 Å². The van der Waals surface area contributed by atoms with Crippen molar-refractivity contribution in [2.75, 3.05) is 13.7 Å². The van der Waals surface area contributed by atoms with Crippen LogP contribution in [0.2, 0.25) is 0 Å². The number of aliphatic hydroxyl groups is 3. The SMILES string of the molecule is CO[C@@H]1O[C@H](CO)[C@@H](O)[C@H](C)[C@H]1O. The molecule has 0 amide bonds. The van der Waals surface area contributed by atoms with Crippen LogP contribution in [0.4, 0.5) is 0 Å². The quantitative estimate of drug-likeness (QED) is 0.507. The van der Waals surface area contributed by atoms with E-state index in [-0.39, 0.29) is 12.5 Å². The van der Waals surface area contributed by atoms with Gasteiger partial charge in [0, 0.05) is 13.0 Å². The summed E-state index contributed by atoms with van der Waals surface area (Å²) >= 11 is 0. The van der Waals surface area contributed by atoms with Crippen LogP contribution in [0.5, 0.6) is 0 Å². The Hall–Kier alpha value is -0.200. The van der Waals surface area contributed by atoms with Gasteiger partial charge in [-0.25, -0.2) is 0 Å². The predicted molar refractivity (Wildman–Crippen MR) is 43.9 cm³/mol. The number of hydrogen-bond donors (Lipinski definition) is 3. The molecule has 1 aliphatic heterocycles. The van der Waals surface area contributed by atoms with Crippen molar-refractivity contribution >= 4 is 0 Å². The lowest BCUT2D eigenvalue weighted by atomic mass is 9.91. The molecule has 0 radical (unpaired) electrons. The van der Waals surface area contributed by atoms with E-state index >= 15 is 0 Å². The topological polar surface area (TPSA) is 79.2 Å². The lowest BCUT2D eigenvalue weighted by Crippen LogP contribution is -2.54. The van der Waals surface area contributed by atoms with Gasteiger partial charge in [0.15, 0.2) is 6.29 Å². The summed E-state index contributed by atoms with van der Waals surface area (Å²) in [5.74, 6) is -0.365. The van der Waals surface area contributed by atoms with E-state index < -0.39 is 24.6 Å². The van der Waals surface area contributed by atoms with Crippen molar-refractivity contribution in [2.24, 2.45) is 5.92 Å². The zero-order valence-corrected chi connectivity index (χ0v) is 7.75. The maximum Gasteiger partial charge on any atom is 0.183 e. The van der Waals surface area contributed by atoms with Crippen molar-refractivity contribution in [1.29, 1.82) is 0 Å². The smallest absolute Gasteiger partial charge is 0.183 e. The van der Waals surface area contributed by atoms with Crippen LogP contribution in [0.15, 0.2) is 0 Å². The fourth-order valence-corrected chi connectivity index (χ4v) is 1.47. The second-order valence-corrected chi connectivity index (χ2v) is 3.30. The van der Waals surface area contributed by atoms with E-state index in [0.717, 1.165) is 0 Å². The van der Waals surface area contributed by atoms with Crippen LogP contribution < -0.4 is 0 Å². The number of ether oxygens (including phenoxy) is 2. The standard InChI is InChI=1S/C8H16O5/c1-4-6(10)5(3-9)13-8(12-2)7(4)11/h4-11H,3H2,1-2H3/t4-,5+,6-,7+,8+/m0/s1. The van der Waals surface area contributed by atoms with Crippen LogP contribution >= 0.6 is 0 Å². The number of hydrogen-bond acceptors (Lipinski definition) is 5. The molecule has 0 aromatic carbocycles. The molecule has 13 heavy (non-hydrogen) atoms. The minimum absolute atomic E-state index is 0.280. The third-order valence-corrected chi connectivity index (χ3v) is 2.46. The van der Waals surface area contributed by atoms with Crippen molar-refractivity contribution < 1.29 is 24.8 Å². The molecule has 0 bridgehead atoms. The molecule has 78 valence electrons. The molecule has 5 atom stereocenters. The van der Waals surface area contributed by atoms with Gasteiger partial charge in [-0.2, -0.15) is 0 Å². The van der Waals surface area contributed by atoms with Gasteiger partial charge in [-0.15, -0.1) is 0 Å². The van der Waals surface area contributed by atoms with Crippen LogP contribution in [0, 0.1) is 5.92 Å². The number of rotatable bonds is 2. The highest BCUT2D eigenvalue weighted by Gasteiger charge is 2.41. The van der Waals surface area contributed by atoms with E-state index in [9.17, 15) is 10.2 Å². The fraction of sp³-hybridized carbons (Fsp3) is 1.00. The summed E-state index contributed by atoms with van der Waals surface area (Å²) in [7, 11) is 1.41. The fourth-order valence-electron chi connectivity index (χ4n) is 1.47. The van der Waals surface area contributed by atoms with Crippen LogP contribution in [-0.4, -0.2) is 53.6 Å². The first-order chi connectivity index (χ1) is 6.11. The zero-order valence-electron chi connectivity index (χ0n) is 7.75. The summed E-state index contributed by atoms with van der Waals surface area (Å²) < 4.78 is 9.97. The van der Waals surface area contributed by atoms with E-state index in [1.54, 1.807) is 6.92 Å². The molecule has 1 rings (SSSR count). The van der Waals surface area contributed by atoms with E-state index in [2.05, 4.69) is 0 Å². The van der Waals surface area contributed by atoms with E-state index in [0.29, 0.717) is 0 Å². The van der Waals surface area contributed by atoms with Gasteiger partial charge in [0.1, 0.15) is 12.2 Å². The average Bonchev–Trinajstić information content (AvgIpc) is 2.15. The van der Waals surface area contributed by atoms with Gasteiger partial charge in [-0.05, 0) is 0 Å². The molecule has 0 saturated carbocycles.